The topological polar surface area (TPSA) is 50.1 Å². The third-order valence-electron chi connectivity index (χ3n) is 3.11. The minimum Gasteiger partial charge on any atom is -0.392 e. The lowest BCUT2D eigenvalue weighted by molar-refractivity contribution is 0.123. The average molecular weight is 318 g/mol. The van der Waals surface area contributed by atoms with Gasteiger partial charge in [-0.1, -0.05) is 20.8 Å². The number of aliphatic hydroxyl groups excluding tert-OH is 1. The molecule has 18 heavy (non-hydrogen) atoms. The highest BCUT2D eigenvalue weighted by molar-refractivity contribution is 9.10. The van der Waals surface area contributed by atoms with Crippen LogP contribution in [0.15, 0.2) is 4.47 Å². The Morgan fingerprint density at radius 1 is 1.39 bits per heavy atom. The van der Waals surface area contributed by atoms with E-state index in [0.29, 0.717) is 6.54 Å². The fraction of sp³-hybridized carbons (Fsp3) is 0.769. The predicted molar refractivity (Wildman–Crippen MR) is 77.5 cm³/mol. The molecular formula is C13H24BrN3O. The lowest BCUT2D eigenvalue weighted by atomic mass is 10.1. The zero-order valence-electron chi connectivity index (χ0n) is 11.7. The van der Waals surface area contributed by atoms with Crippen LogP contribution in [0.4, 0.5) is 0 Å². The third kappa shape index (κ3) is 3.80. The summed E-state index contributed by atoms with van der Waals surface area (Å²) in [7, 11) is 0. The van der Waals surface area contributed by atoms with Gasteiger partial charge in [0.1, 0.15) is 0 Å². The van der Waals surface area contributed by atoms with Crippen LogP contribution in [0.2, 0.25) is 0 Å². The largest absolute Gasteiger partial charge is 0.392 e. The van der Waals surface area contributed by atoms with Gasteiger partial charge in [-0.3, -0.25) is 4.68 Å². The van der Waals surface area contributed by atoms with Gasteiger partial charge in [-0.25, -0.2) is 0 Å². The predicted octanol–water partition coefficient (Wildman–Crippen LogP) is 2.33. The molecule has 5 heteroatoms. The molecule has 0 radical (unpaired) electrons. The maximum absolute atomic E-state index is 9.75. The highest BCUT2D eigenvalue weighted by Crippen LogP contribution is 2.22. The fourth-order valence-electron chi connectivity index (χ4n) is 1.76. The molecule has 1 rings (SSSR count). The van der Waals surface area contributed by atoms with Crippen molar-refractivity contribution in [2.24, 2.45) is 5.92 Å². The fourth-order valence-corrected chi connectivity index (χ4v) is 2.46. The van der Waals surface area contributed by atoms with Crippen LogP contribution < -0.4 is 5.32 Å². The van der Waals surface area contributed by atoms with E-state index in [1.165, 1.54) is 0 Å². The van der Waals surface area contributed by atoms with E-state index in [-0.39, 0.29) is 12.0 Å². The SMILES string of the molecule is CCc1nn(CC)c(CNCC(O)C(C)C)c1Br. The van der Waals surface area contributed by atoms with Gasteiger partial charge in [0.15, 0.2) is 0 Å². The standard InChI is InChI=1S/C13H24BrN3O/c1-5-10-13(14)11(17(6-2)16-10)7-15-8-12(18)9(3)4/h9,12,15,18H,5-8H2,1-4H3. The molecule has 1 unspecified atom stereocenters. The molecule has 0 saturated carbocycles. The molecule has 0 fully saturated rings. The van der Waals surface area contributed by atoms with Crippen molar-refractivity contribution in [3.63, 3.8) is 0 Å². The van der Waals surface area contributed by atoms with E-state index < -0.39 is 0 Å². The molecule has 1 heterocycles. The summed E-state index contributed by atoms with van der Waals surface area (Å²) in [6.45, 7) is 10.4. The number of nitrogens with one attached hydrogen (secondary N) is 1. The number of aryl methyl sites for hydroxylation is 2. The van der Waals surface area contributed by atoms with E-state index >= 15 is 0 Å². The molecule has 0 aromatic carbocycles. The van der Waals surface area contributed by atoms with Gasteiger partial charge < -0.3 is 10.4 Å². The highest BCUT2D eigenvalue weighted by atomic mass is 79.9. The van der Waals surface area contributed by atoms with Gasteiger partial charge in [-0.2, -0.15) is 5.10 Å². The summed E-state index contributed by atoms with van der Waals surface area (Å²) >= 11 is 3.61. The number of hydrogen-bond acceptors (Lipinski definition) is 3. The van der Waals surface area contributed by atoms with Gasteiger partial charge in [0.2, 0.25) is 0 Å². The Bertz CT molecular complexity index is 377. The van der Waals surface area contributed by atoms with Gasteiger partial charge in [-0.15, -0.1) is 0 Å². The van der Waals surface area contributed by atoms with Crippen LogP contribution in [0.5, 0.6) is 0 Å². The molecule has 0 amide bonds. The first-order valence-electron chi connectivity index (χ1n) is 6.64. The van der Waals surface area contributed by atoms with Crippen LogP contribution in [0, 0.1) is 5.92 Å². The van der Waals surface area contributed by atoms with Gasteiger partial charge in [-0.05, 0) is 35.2 Å². The first-order chi connectivity index (χ1) is 8.51. The normalized spacial score (nSPS) is 13.3. The maximum atomic E-state index is 9.75. The Labute approximate surface area is 118 Å². The number of aliphatic hydroxyl groups is 1. The molecule has 104 valence electrons. The molecule has 1 aromatic heterocycles. The number of nitrogens with zero attached hydrogens (tertiary/aromatic N) is 2. The second-order valence-corrected chi connectivity index (χ2v) is 5.61. The van der Waals surface area contributed by atoms with Gasteiger partial charge >= 0.3 is 0 Å². The van der Waals surface area contributed by atoms with E-state index in [9.17, 15) is 5.11 Å². The zero-order chi connectivity index (χ0) is 13.7. The maximum Gasteiger partial charge on any atom is 0.0767 e. The van der Waals surface area contributed by atoms with E-state index in [1.54, 1.807) is 0 Å². The van der Waals surface area contributed by atoms with Crippen molar-refractivity contribution >= 4 is 15.9 Å². The number of aromatic nitrogens is 2. The lowest BCUT2D eigenvalue weighted by Crippen LogP contribution is -2.30. The molecule has 1 aromatic rings. The molecule has 0 aliphatic rings. The van der Waals surface area contributed by atoms with Crippen LogP contribution in [0.25, 0.3) is 0 Å². The summed E-state index contributed by atoms with van der Waals surface area (Å²) in [4.78, 5) is 0. The van der Waals surface area contributed by atoms with E-state index in [0.717, 1.165) is 35.4 Å². The van der Waals surface area contributed by atoms with E-state index in [1.807, 2.05) is 18.5 Å². The van der Waals surface area contributed by atoms with Crippen LogP contribution in [0.1, 0.15) is 39.1 Å². The Kier molecular flexibility index (Phi) is 6.32. The molecule has 0 spiro atoms. The van der Waals surface area contributed by atoms with Gasteiger partial charge in [0.25, 0.3) is 0 Å². The summed E-state index contributed by atoms with van der Waals surface area (Å²) in [6, 6.07) is 0. The summed E-state index contributed by atoms with van der Waals surface area (Å²) in [5.74, 6) is 0.281. The minimum absolute atomic E-state index is 0.281. The van der Waals surface area contributed by atoms with Crippen molar-refractivity contribution < 1.29 is 5.11 Å². The Morgan fingerprint density at radius 3 is 2.56 bits per heavy atom. The summed E-state index contributed by atoms with van der Waals surface area (Å²) < 4.78 is 3.11. The highest BCUT2D eigenvalue weighted by Gasteiger charge is 2.14. The van der Waals surface area contributed by atoms with Crippen molar-refractivity contribution in [2.45, 2.75) is 53.3 Å². The van der Waals surface area contributed by atoms with Crippen LogP contribution in [-0.2, 0) is 19.5 Å². The summed E-state index contributed by atoms with van der Waals surface area (Å²) in [5.41, 5.74) is 2.25. The van der Waals surface area contributed by atoms with Crippen molar-refractivity contribution in [2.75, 3.05) is 6.54 Å². The van der Waals surface area contributed by atoms with Crippen molar-refractivity contribution in [3.05, 3.63) is 15.9 Å². The molecule has 2 N–H and O–H groups in total. The molecular weight excluding hydrogens is 294 g/mol. The Balaban J connectivity index is 2.64. The van der Waals surface area contributed by atoms with E-state index in [4.69, 9.17) is 0 Å². The Hall–Kier alpha value is -0.390. The first kappa shape index (κ1) is 15.7. The van der Waals surface area contributed by atoms with Gasteiger partial charge in [0, 0.05) is 19.6 Å². The van der Waals surface area contributed by atoms with Crippen LogP contribution in [-0.4, -0.2) is 27.5 Å². The van der Waals surface area contributed by atoms with E-state index in [2.05, 4.69) is 40.2 Å². The van der Waals surface area contributed by atoms with Crippen molar-refractivity contribution in [1.29, 1.82) is 0 Å². The van der Waals surface area contributed by atoms with Crippen LogP contribution in [0.3, 0.4) is 0 Å². The second kappa shape index (κ2) is 7.26. The quantitative estimate of drug-likeness (QED) is 0.811. The summed E-state index contributed by atoms with van der Waals surface area (Å²) in [6.07, 6.45) is 0.627. The Morgan fingerprint density at radius 2 is 2.06 bits per heavy atom. The summed E-state index contributed by atoms with van der Waals surface area (Å²) in [5, 5.41) is 17.6. The molecule has 0 bridgehead atoms. The average Bonchev–Trinajstić information content (AvgIpc) is 2.65. The van der Waals surface area contributed by atoms with Crippen molar-refractivity contribution in [3.8, 4) is 0 Å². The molecule has 4 nitrogen and oxygen atoms in total. The third-order valence-corrected chi connectivity index (χ3v) is 4.02. The smallest absolute Gasteiger partial charge is 0.0767 e. The van der Waals surface area contributed by atoms with Crippen molar-refractivity contribution in [1.82, 2.24) is 15.1 Å². The molecule has 0 aliphatic carbocycles. The molecule has 0 aliphatic heterocycles. The monoisotopic (exact) mass is 317 g/mol. The lowest BCUT2D eigenvalue weighted by Gasteiger charge is -2.15. The zero-order valence-corrected chi connectivity index (χ0v) is 13.3. The number of halogens is 1. The first-order valence-corrected chi connectivity index (χ1v) is 7.43. The molecule has 0 saturated heterocycles. The number of hydrogen-bond donors (Lipinski definition) is 2. The minimum atomic E-state index is -0.299. The van der Waals surface area contributed by atoms with Gasteiger partial charge in [0.05, 0.1) is 22.0 Å². The molecule has 1 atom stereocenters. The number of rotatable bonds is 7. The second-order valence-electron chi connectivity index (χ2n) is 4.82. The van der Waals surface area contributed by atoms with Crippen LogP contribution >= 0.6 is 15.9 Å².